The molecule has 0 aliphatic carbocycles. The SMILES string of the molecule is CCC(CCO)NS(=O)(=O)c1c(C)c(C)cc(N)c1C. The maximum atomic E-state index is 12.6. The Morgan fingerprint density at radius 1 is 1.30 bits per heavy atom. The van der Waals surface area contributed by atoms with Crippen LogP contribution < -0.4 is 10.5 Å². The molecule has 0 saturated heterocycles. The summed E-state index contributed by atoms with van der Waals surface area (Å²) >= 11 is 0. The Labute approximate surface area is 121 Å². The molecule has 20 heavy (non-hydrogen) atoms. The van der Waals surface area contributed by atoms with E-state index in [9.17, 15) is 8.42 Å². The largest absolute Gasteiger partial charge is 0.398 e. The predicted octanol–water partition coefficient (Wildman–Crippen LogP) is 1.63. The van der Waals surface area contributed by atoms with Crippen molar-refractivity contribution in [2.75, 3.05) is 12.3 Å². The van der Waals surface area contributed by atoms with Crippen LogP contribution in [0.1, 0.15) is 36.5 Å². The summed E-state index contributed by atoms with van der Waals surface area (Å²) in [6, 6.07) is 1.51. The number of nitrogens with two attached hydrogens (primary N) is 1. The van der Waals surface area contributed by atoms with Crippen molar-refractivity contribution in [1.82, 2.24) is 4.72 Å². The van der Waals surface area contributed by atoms with Gasteiger partial charge in [-0.3, -0.25) is 0 Å². The second-order valence-electron chi connectivity index (χ2n) is 5.10. The molecular weight excluding hydrogens is 276 g/mol. The van der Waals surface area contributed by atoms with E-state index in [-0.39, 0.29) is 17.5 Å². The second kappa shape index (κ2) is 6.56. The molecule has 1 aromatic rings. The van der Waals surface area contributed by atoms with Crippen molar-refractivity contribution in [2.45, 2.75) is 51.5 Å². The van der Waals surface area contributed by atoms with Crippen molar-refractivity contribution >= 4 is 15.7 Å². The van der Waals surface area contributed by atoms with Crippen LogP contribution in [0.5, 0.6) is 0 Å². The van der Waals surface area contributed by atoms with Gasteiger partial charge in [0.15, 0.2) is 0 Å². The molecule has 0 heterocycles. The number of nitrogen functional groups attached to an aromatic ring is 1. The minimum atomic E-state index is -3.64. The number of aryl methyl sites for hydroxylation is 1. The van der Waals surface area contributed by atoms with E-state index in [0.29, 0.717) is 29.7 Å². The summed E-state index contributed by atoms with van der Waals surface area (Å²) in [6.07, 6.45) is 1.02. The van der Waals surface area contributed by atoms with Gasteiger partial charge in [-0.15, -0.1) is 0 Å². The van der Waals surface area contributed by atoms with Gasteiger partial charge in [0.1, 0.15) is 0 Å². The fraction of sp³-hybridized carbons (Fsp3) is 0.571. The maximum Gasteiger partial charge on any atom is 0.241 e. The lowest BCUT2D eigenvalue weighted by Gasteiger charge is -2.20. The van der Waals surface area contributed by atoms with Crippen molar-refractivity contribution in [2.24, 2.45) is 0 Å². The van der Waals surface area contributed by atoms with E-state index >= 15 is 0 Å². The molecule has 0 aliphatic rings. The van der Waals surface area contributed by atoms with Gasteiger partial charge in [-0.25, -0.2) is 13.1 Å². The van der Waals surface area contributed by atoms with Crippen LogP contribution in [0, 0.1) is 20.8 Å². The first-order valence-electron chi connectivity index (χ1n) is 6.74. The zero-order valence-electron chi connectivity index (χ0n) is 12.5. The van der Waals surface area contributed by atoms with Crippen LogP contribution in [0.2, 0.25) is 0 Å². The average molecular weight is 300 g/mol. The monoisotopic (exact) mass is 300 g/mol. The summed E-state index contributed by atoms with van der Waals surface area (Å²) in [5.74, 6) is 0. The highest BCUT2D eigenvalue weighted by Gasteiger charge is 2.24. The molecule has 0 spiro atoms. The summed E-state index contributed by atoms with van der Waals surface area (Å²) in [4.78, 5) is 0.256. The lowest BCUT2D eigenvalue weighted by Crippen LogP contribution is -2.36. The second-order valence-corrected chi connectivity index (χ2v) is 6.75. The average Bonchev–Trinajstić information content (AvgIpc) is 2.35. The quantitative estimate of drug-likeness (QED) is 0.696. The van der Waals surface area contributed by atoms with Gasteiger partial charge in [-0.05, 0) is 56.4 Å². The van der Waals surface area contributed by atoms with E-state index in [4.69, 9.17) is 10.8 Å². The molecule has 0 aliphatic heterocycles. The highest BCUT2D eigenvalue weighted by atomic mass is 32.2. The first-order chi connectivity index (χ1) is 9.24. The van der Waals surface area contributed by atoms with Gasteiger partial charge in [0.05, 0.1) is 4.90 Å². The molecular formula is C14H24N2O3S. The maximum absolute atomic E-state index is 12.6. The molecule has 4 N–H and O–H groups in total. The number of hydrogen-bond acceptors (Lipinski definition) is 4. The van der Waals surface area contributed by atoms with Crippen molar-refractivity contribution in [3.63, 3.8) is 0 Å². The molecule has 1 rings (SSSR count). The number of nitrogens with one attached hydrogen (secondary N) is 1. The first-order valence-corrected chi connectivity index (χ1v) is 8.22. The summed E-state index contributed by atoms with van der Waals surface area (Å²) in [5, 5.41) is 8.98. The molecule has 1 atom stereocenters. The topological polar surface area (TPSA) is 92.4 Å². The molecule has 6 heteroatoms. The number of aliphatic hydroxyl groups is 1. The minimum Gasteiger partial charge on any atom is -0.398 e. The zero-order chi connectivity index (χ0) is 15.5. The van der Waals surface area contributed by atoms with E-state index in [1.54, 1.807) is 19.9 Å². The first kappa shape index (κ1) is 16.9. The van der Waals surface area contributed by atoms with E-state index < -0.39 is 10.0 Å². The highest BCUT2D eigenvalue weighted by Crippen LogP contribution is 2.28. The third-order valence-electron chi connectivity index (χ3n) is 3.64. The third kappa shape index (κ3) is 3.50. The van der Waals surface area contributed by atoms with Gasteiger partial charge in [0.2, 0.25) is 10.0 Å². The van der Waals surface area contributed by atoms with E-state index in [0.717, 1.165) is 5.56 Å². The summed E-state index contributed by atoms with van der Waals surface area (Å²) in [6.45, 7) is 7.17. The minimum absolute atomic E-state index is 0.0467. The summed E-state index contributed by atoms with van der Waals surface area (Å²) < 4.78 is 27.8. The lowest BCUT2D eigenvalue weighted by molar-refractivity contribution is 0.270. The Morgan fingerprint density at radius 3 is 2.40 bits per heavy atom. The number of rotatable bonds is 6. The van der Waals surface area contributed by atoms with Crippen molar-refractivity contribution in [1.29, 1.82) is 0 Å². The Balaban J connectivity index is 3.29. The fourth-order valence-corrected chi connectivity index (χ4v) is 4.15. The van der Waals surface area contributed by atoms with Crippen molar-refractivity contribution < 1.29 is 13.5 Å². The Hall–Kier alpha value is -1.11. The Bertz CT molecular complexity index is 556. The van der Waals surface area contributed by atoms with Gasteiger partial charge in [-0.1, -0.05) is 6.92 Å². The van der Waals surface area contributed by atoms with Gasteiger partial charge in [-0.2, -0.15) is 0 Å². The molecule has 0 saturated carbocycles. The van der Waals surface area contributed by atoms with Crippen LogP contribution in [0.3, 0.4) is 0 Å². The Kier molecular flexibility index (Phi) is 5.56. The number of anilines is 1. The number of benzene rings is 1. The molecule has 0 amide bonds. The normalized spacial score (nSPS) is 13.4. The van der Waals surface area contributed by atoms with Crippen LogP contribution in [-0.2, 0) is 10.0 Å². The van der Waals surface area contributed by atoms with Crippen LogP contribution in [0.15, 0.2) is 11.0 Å². The summed E-state index contributed by atoms with van der Waals surface area (Å²) in [5.41, 5.74) is 8.48. The molecule has 5 nitrogen and oxygen atoms in total. The van der Waals surface area contributed by atoms with Crippen molar-refractivity contribution in [3.05, 3.63) is 22.8 Å². The fourth-order valence-electron chi connectivity index (χ4n) is 2.22. The molecule has 1 aromatic carbocycles. The van der Waals surface area contributed by atoms with Gasteiger partial charge >= 0.3 is 0 Å². The molecule has 1 unspecified atom stereocenters. The molecule has 0 radical (unpaired) electrons. The lowest BCUT2D eigenvalue weighted by atomic mass is 10.1. The predicted molar refractivity (Wildman–Crippen MR) is 81.2 cm³/mol. The highest BCUT2D eigenvalue weighted by molar-refractivity contribution is 7.89. The molecule has 0 aromatic heterocycles. The third-order valence-corrected chi connectivity index (χ3v) is 5.43. The molecule has 114 valence electrons. The smallest absolute Gasteiger partial charge is 0.241 e. The van der Waals surface area contributed by atoms with Gasteiger partial charge in [0, 0.05) is 18.3 Å². The standard InChI is InChI=1S/C14H24N2O3S/c1-5-12(6-7-17)16-20(18,19)14-10(3)9(2)8-13(15)11(14)4/h8,12,16-17H,5-7,15H2,1-4H3. The molecule has 0 bridgehead atoms. The Morgan fingerprint density at radius 2 is 1.90 bits per heavy atom. The van der Waals surface area contributed by atoms with Crippen LogP contribution in [-0.4, -0.2) is 26.2 Å². The van der Waals surface area contributed by atoms with Gasteiger partial charge < -0.3 is 10.8 Å². The van der Waals surface area contributed by atoms with Crippen LogP contribution in [0.4, 0.5) is 5.69 Å². The van der Waals surface area contributed by atoms with Gasteiger partial charge in [0.25, 0.3) is 0 Å². The van der Waals surface area contributed by atoms with Crippen LogP contribution in [0.25, 0.3) is 0 Å². The molecule has 0 fully saturated rings. The number of aliphatic hydroxyl groups excluding tert-OH is 1. The van der Waals surface area contributed by atoms with E-state index in [2.05, 4.69) is 4.72 Å². The number of hydrogen-bond donors (Lipinski definition) is 3. The van der Waals surface area contributed by atoms with Crippen molar-refractivity contribution in [3.8, 4) is 0 Å². The zero-order valence-corrected chi connectivity index (χ0v) is 13.3. The van der Waals surface area contributed by atoms with E-state index in [1.807, 2.05) is 13.8 Å². The van der Waals surface area contributed by atoms with E-state index in [1.165, 1.54) is 0 Å². The van der Waals surface area contributed by atoms with Crippen LogP contribution >= 0.6 is 0 Å². The number of sulfonamides is 1. The summed E-state index contributed by atoms with van der Waals surface area (Å²) in [7, 11) is -3.64.